The number of pyridine rings is 1. The van der Waals surface area contributed by atoms with Crippen molar-refractivity contribution in [2.24, 2.45) is 5.73 Å². The monoisotopic (exact) mass is 205 g/mol. The van der Waals surface area contributed by atoms with Gasteiger partial charge in [0.15, 0.2) is 11.6 Å². The van der Waals surface area contributed by atoms with Crippen molar-refractivity contribution in [1.82, 2.24) is 4.98 Å². The van der Waals surface area contributed by atoms with Crippen LogP contribution < -0.4 is 11.5 Å². The van der Waals surface area contributed by atoms with E-state index in [1.807, 2.05) is 0 Å². The van der Waals surface area contributed by atoms with Crippen LogP contribution in [0.2, 0.25) is 0 Å². The Balaban J connectivity index is 3.35. The Kier molecular flexibility index (Phi) is 2.59. The number of rotatable bonds is 2. The van der Waals surface area contributed by atoms with Crippen LogP contribution in [0.4, 0.5) is 19.0 Å². The Morgan fingerprint density at radius 1 is 1.50 bits per heavy atom. The topological polar surface area (TPSA) is 82.0 Å². The molecule has 0 aliphatic carbocycles. The second kappa shape index (κ2) is 3.52. The standard InChI is InChI=1S/C7H6F3N3O/c8-4-2(5(9)10)1-3(7(12)14)13-6(4)11/h1,5H,(H2,11,13)(H2,12,14). The lowest BCUT2D eigenvalue weighted by atomic mass is 10.2. The van der Waals surface area contributed by atoms with Crippen LogP contribution in [0.15, 0.2) is 6.07 Å². The van der Waals surface area contributed by atoms with E-state index in [1.54, 1.807) is 0 Å². The summed E-state index contributed by atoms with van der Waals surface area (Å²) in [7, 11) is 0. The third-order valence-electron chi connectivity index (χ3n) is 1.50. The van der Waals surface area contributed by atoms with Gasteiger partial charge in [0.1, 0.15) is 5.69 Å². The maximum Gasteiger partial charge on any atom is 0.267 e. The lowest BCUT2D eigenvalue weighted by Crippen LogP contribution is -2.16. The number of carbonyl (C=O) groups excluding carboxylic acids is 1. The number of nitrogens with two attached hydrogens (primary N) is 2. The summed E-state index contributed by atoms with van der Waals surface area (Å²) in [5.41, 5.74) is 8.28. The first-order valence-corrected chi connectivity index (χ1v) is 3.47. The minimum absolute atomic E-state index is 0.487. The highest BCUT2D eigenvalue weighted by molar-refractivity contribution is 5.91. The molecule has 14 heavy (non-hydrogen) atoms. The van der Waals surface area contributed by atoms with E-state index >= 15 is 0 Å². The molecule has 0 saturated carbocycles. The lowest BCUT2D eigenvalue weighted by molar-refractivity contribution is 0.0994. The first-order chi connectivity index (χ1) is 6.43. The summed E-state index contributed by atoms with van der Waals surface area (Å²) in [6.45, 7) is 0. The Labute approximate surface area is 76.7 Å². The summed E-state index contributed by atoms with van der Waals surface area (Å²) in [6, 6.07) is 0.582. The predicted octanol–water partition coefficient (Wildman–Crippen LogP) is 0.839. The van der Waals surface area contributed by atoms with Crippen LogP contribution in [-0.4, -0.2) is 10.9 Å². The largest absolute Gasteiger partial charge is 0.381 e. The zero-order valence-corrected chi connectivity index (χ0v) is 6.80. The van der Waals surface area contributed by atoms with Crippen LogP contribution in [0.25, 0.3) is 0 Å². The highest BCUT2D eigenvalue weighted by Gasteiger charge is 2.19. The first-order valence-electron chi connectivity index (χ1n) is 3.47. The van der Waals surface area contributed by atoms with E-state index in [2.05, 4.69) is 4.98 Å². The number of anilines is 1. The van der Waals surface area contributed by atoms with Gasteiger partial charge in [-0.3, -0.25) is 4.79 Å². The van der Waals surface area contributed by atoms with Crippen molar-refractivity contribution < 1.29 is 18.0 Å². The Morgan fingerprint density at radius 2 is 2.07 bits per heavy atom. The maximum atomic E-state index is 12.9. The van der Waals surface area contributed by atoms with Gasteiger partial charge in [-0.25, -0.2) is 18.2 Å². The van der Waals surface area contributed by atoms with Crippen molar-refractivity contribution >= 4 is 11.7 Å². The molecule has 0 aromatic carbocycles. The van der Waals surface area contributed by atoms with Gasteiger partial charge in [-0.05, 0) is 6.07 Å². The van der Waals surface area contributed by atoms with Crippen molar-refractivity contribution in [3.8, 4) is 0 Å². The van der Waals surface area contributed by atoms with Crippen LogP contribution in [0, 0.1) is 5.82 Å². The zero-order chi connectivity index (χ0) is 10.9. The number of aromatic nitrogens is 1. The van der Waals surface area contributed by atoms with E-state index in [9.17, 15) is 18.0 Å². The summed E-state index contributed by atoms with van der Waals surface area (Å²) in [5.74, 6) is -3.14. The number of primary amides is 1. The van der Waals surface area contributed by atoms with Crippen LogP contribution in [0.1, 0.15) is 22.5 Å². The molecule has 0 aliphatic heterocycles. The molecule has 0 fully saturated rings. The van der Waals surface area contributed by atoms with Gasteiger partial charge >= 0.3 is 0 Å². The van der Waals surface area contributed by atoms with Crippen LogP contribution in [0.5, 0.6) is 0 Å². The summed E-state index contributed by atoms with van der Waals surface area (Å²) < 4.78 is 37.2. The number of alkyl halides is 2. The van der Waals surface area contributed by atoms with Gasteiger partial charge in [-0.15, -0.1) is 0 Å². The molecule has 4 N–H and O–H groups in total. The average molecular weight is 205 g/mol. The quantitative estimate of drug-likeness (QED) is 0.750. The van der Waals surface area contributed by atoms with Crippen molar-refractivity contribution in [2.45, 2.75) is 6.43 Å². The minimum atomic E-state index is -3.07. The summed E-state index contributed by atoms with van der Waals surface area (Å²) >= 11 is 0. The fourth-order valence-electron chi connectivity index (χ4n) is 0.855. The maximum absolute atomic E-state index is 12.9. The molecule has 0 atom stereocenters. The Morgan fingerprint density at radius 3 is 2.50 bits per heavy atom. The molecule has 1 amide bonds. The SMILES string of the molecule is NC(=O)c1cc(C(F)F)c(F)c(N)n1. The molecule has 76 valence electrons. The number of hydrogen-bond donors (Lipinski definition) is 2. The van der Waals surface area contributed by atoms with E-state index in [4.69, 9.17) is 11.5 Å². The van der Waals surface area contributed by atoms with E-state index in [-0.39, 0.29) is 0 Å². The number of carbonyl (C=O) groups is 1. The van der Waals surface area contributed by atoms with Crippen LogP contribution in [0.3, 0.4) is 0 Å². The van der Waals surface area contributed by atoms with E-state index in [0.29, 0.717) is 6.07 Å². The molecule has 0 radical (unpaired) electrons. The molecule has 1 aromatic heterocycles. The third-order valence-corrected chi connectivity index (χ3v) is 1.50. The van der Waals surface area contributed by atoms with Gasteiger partial charge in [-0.1, -0.05) is 0 Å². The van der Waals surface area contributed by atoms with E-state index < -0.39 is 35.2 Å². The molecule has 1 aromatic rings. The van der Waals surface area contributed by atoms with Crippen molar-refractivity contribution in [3.63, 3.8) is 0 Å². The number of nitrogen functional groups attached to an aromatic ring is 1. The van der Waals surface area contributed by atoms with Crippen molar-refractivity contribution in [3.05, 3.63) is 23.1 Å². The van der Waals surface area contributed by atoms with Crippen LogP contribution in [-0.2, 0) is 0 Å². The number of hydrogen-bond acceptors (Lipinski definition) is 3. The molecule has 4 nitrogen and oxygen atoms in total. The predicted molar refractivity (Wildman–Crippen MR) is 42.1 cm³/mol. The highest BCUT2D eigenvalue weighted by atomic mass is 19.3. The molecule has 0 spiro atoms. The van der Waals surface area contributed by atoms with Gasteiger partial charge in [0.25, 0.3) is 12.3 Å². The van der Waals surface area contributed by atoms with E-state index in [1.165, 1.54) is 0 Å². The summed E-state index contributed by atoms with van der Waals surface area (Å²) in [6.07, 6.45) is -3.07. The molecule has 0 saturated heterocycles. The molecule has 0 bridgehead atoms. The normalized spacial score (nSPS) is 10.6. The van der Waals surface area contributed by atoms with Gasteiger partial charge in [0.2, 0.25) is 0 Å². The summed E-state index contributed by atoms with van der Waals surface area (Å²) in [5, 5.41) is 0. The molecule has 1 heterocycles. The fraction of sp³-hybridized carbons (Fsp3) is 0.143. The first kappa shape index (κ1) is 10.3. The van der Waals surface area contributed by atoms with Crippen molar-refractivity contribution in [2.75, 3.05) is 5.73 Å². The second-order valence-electron chi connectivity index (χ2n) is 2.46. The number of nitrogens with zero attached hydrogens (tertiary/aromatic N) is 1. The minimum Gasteiger partial charge on any atom is -0.381 e. The fourth-order valence-corrected chi connectivity index (χ4v) is 0.855. The smallest absolute Gasteiger partial charge is 0.267 e. The Bertz CT molecular complexity index is 381. The van der Waals surface area contributed by atoms with Crippen LogP contribution >= 0.6 is 0 Å². The molecule has 7 heteroatoms. The molecule has 0 aliphatic rings. The van der Waals surface area contributed by atoms with Gasteiger partial charge in [-0.2, -0.15) is 0 Å². The zero-order valence-electron chi connectivity index (χ0n) is 6.80. The highest BCUT2D eigenvalue weighted by Crippen LogP contribution is 2.25. The molecular formula is C7H6F3N3O. The second-order valence-corrected chi connectivity index (χ2v) is 2.46. The molecule has 0 unspecified atom stereocenters. The van der Waals surface area contributed by atoms with Crippen molar-refractivity contribution in [1.29, 1.82) is 0 Å². The van der Waals surface area contributed by atoms with Gasteiger partial charge in [0, 0.05) is 0 Å². The average Bonchev–Trinajstić information content (AvgIpc) is 2.08. The Hall–Kier alpha value is -1.79. The summed E-state index contributed by atoms with van der Waals surface area (Å²) in [4.78, 5) is 13.8. The lowest BCUT2D eigenvalue weighted by Gasteiger charge is -2.05. The van der Waals surface area contributed by atoms with Gasteiger partial charge in [0.05, 0.1) is 5.56 Å². The number of amides is 1. The number of halogens is 3. The van der Waals surface area contributed by atoms with E-state index in [0.717, 1.165) is 0 Å². The van der Waals surface area contributed by atoms with Gasteiger partial charge < -0.3 is 11.5 Å². The molecular weight excluding hydrogens is 199 g/mol. The molecule has 1 rings (SSSR count). The third kappa shape index (κ3) is 1.76.